The molecule has 1 aromatic heterocycles. The average Bonchev–Trinajstić information content (AvgIpc) is 2.98. The number of carbonyl (C=O) groups is 1. The minimum atomic E-state index is -0.659. The topological polar surface area (TPSA) is 53.4 Å². The van der Waals surface area contributed by atoms with E-state index in [0.717, 1.165) is 18.7 Å². The van der Waals surface area contributed by atoms with Crippen LogP contribution in [0.25, 0.3) is 0 Å². The zero-order valence-corrected chi connectivity index (χ0v) is 11.0. The molecule has 1 saturated heterocycles. The first-order valence-corrected chi connectivity index (χ1v) is 6.89. The minimum absolute atomic E-state index is 0.217. The van der Waals surface area contributed by atoms with Crippen molar-refractivity contribution in [3.05, 3.63) is 16.6 Å². The number of aromatic nitrogens is 1. The molecule has 5 heteroatoms. The maximum Gasteiger partial charge on any atom is 0.310 e. The molecule has 2 rings (SSSR count). The quantitative estimate of drug-likeness (QED) is 0.896. The third-order valence-corrected chi connectivity index (χ3v) is 4.55. The number of thiazole rings is 1. The average molecular weight is 254 g/mol. The Hall–Kier alpha value is -0.940. The molecule has 0 radical (unpaired) electrons. The van der Waals surface area contributed by atoms with Crippen LogP contribution in [-0.4, -0.2) is 34.0 Å². The summed E-state index contributed by atoms with van der Waals surface area (Å²) in [6, 6.07) is 0.217. The second kappa shape index (κ2) is 4.74. The van der Waals surface area contributed by atoms with Crippen LogP contribution in [0.3, 0.4) is 0 Å². The molecule has 1 N–H and O–H groups in total. The van der Waals surface area contributed by atoms with Crippen LogP contribution in [0.2, 0.25) is 0 Å². The molecule has 0 aromatic carbocycles. The molecular formula is C12H18N2O2S. The zero-order chi connectivity index (χ0) is 12.5. The van der Waals surface area contributed by atoms with Crippen LogP contribution < -0.4 is 0 Å². The fourth-order valence-corrected chi connectivity index (χ4v) is 3.11. The first-order chi connectivity index (χ1) is 8.09. The molecule has 0 aliphatic carbocycles. The first kappa shape index (κ1) is 12.5. The molecule has 1 aromatic rings. The van der Waals surface area contributed by atoms with Gasteiger partial charge in [0.15, 0.2) is 0 Å². The Morgan fingerprint density at radius 2 is 2.53 bits per heavy atom. The van der Waals surface area contributed by atoms with E-state index in [1.54, 1.807) is 11.3 Å². The van der Waals surface area contributed by atoms with Crippen LogP contribution in [0, 0.1) is 5.41 Å². The predicted octanol–water partition coefficient (Wildman–Crippen LogP) is 2.39. The second-order valence-electron chi connectivity index (χ2n) is 4.75. The van der Waals surface area contributed by atoms with Crippen molar-refractivity contribution in [3.63, 3.8) is 0 Å². The third kappa shape index (κ3) is 2.21. The van der Waals surface area contributed by atoms with E-state index in [9.17, 15) is 9.90 Å². The van der Waals surface area contributed by atoms with E-state index in [1.807, 2.05) is 17.8 Å². The van der Waals surface area contributed by atoms with Crippen LogP contribution in [0.5, 0.6) is 0 Å². The lowest BCUT2D eigenvalue weighted by Gasteiger charge is -2.26. The summed E-state index contributed by atoms with van der Waals surface area (Å²) in [5.74, 6) is -0.659. The Morgan fingerprint density at radius 3 is 3.00 bits per heavy atom. The Balaban J connectivity index is 2.09. The maximum absolute atomic E-state index is 11.4. The SMILES string of the molecule is CCC1(C(=O)O)CCN(C(C)c2cscn2)C1. The maximum atomic E-state index is 11.4. The van der Waals surface area contributed by atoms with Gasteiger partial charge in [-0.15, -0.1) is 11.3 Å². The van der Waals surface area contributed by atoms with Crippen molar-refractivity contribution in [3.8, 4) is 0 Å². The molecule has 4 nitrogen and oxygen atoms in total. The molecule has 0 spiro atoms. The number of rotatable bonds is 4. The van der Waals surface area contributed by atoms with Gasteiger partial charge in [-0.1, -0.05) is 6.92 Å². The predicted molar refractivity (Wildman–Crippen MR) is 67.1 cm³/mol. The van der Waals surface area contributed by atoms with Gasteiger partial charge in [0.1, 0.15) is 0 Å². The van der Waals surface area contributed by atoms with Gasteiger partial charge in [-0.2, -0.15) is 0 Å². The van der Waals surface area contributed by atoms with Gasteiger partial charge in [-0.05, 0) is 26.3 Å². The van der Waals surface area contributed by atoms with Gasteiger partial charge in [-0.25, -0.2) is 4.98 Å². The summed E-state index contributed by atoms with van der Waals surface area (Å²) in [5, 5.41) is 11.4. The monoisotopic (exact) mass is 254 g/mol. The van der Waals surface area contributed by atoms with Crippen molar-refractivity contribution in [1.29, 1.82) is 0 Å². The van der Waals surface area contributed by atoms with E-state index in [-0.39, 0.29) is 6.04 Å². The van der Waals surface area contributed by atoms with Crippen molar-refractivity contribution in [2.75, 3.05) is 13.1 Å². The molecule has 94 valence electrons. The van der Waals surface area contributed by atoms with Crippen molar-refractivity contribution in [1.82, 2.24) is 9.88 Å². The van der Waals surface area contributed by atoms with E-state index in [0.29, 0.717) is 13.0 Å². The molecular weight excluding hydrogens is 236 g/mol. The summed E-state index contributed by atoms with van der Waals surface area (Å²) in [7, 11) is 0. The molecule has 1 fully saturated rings. The third-order valence-electron chi connectivity index (χ3n) is 3.94. The van der Waals surface area contributed by atoms with Gasteiger partial charge < -0.3 is 5.11 Å². The first-order valence-electron chi connectivity index (χ1n) is 5.94. The van der Waals surface area contributed by atoms with Gasteiger partial charge in [0.25, 0.3) is 0 Å². The molecule has 0 saturated carbocycles. The highest BCUT2D eigenvalue weighted by molar-refractivity contribution is 7.07. The van der Waals surface area contributed by atoms with E-state index < -0.39 is 11.4 Å². The number of likely N-dealkylation sites (tertiary alicyclic amines) is 1. The van der Waals surface area contributed by atoms with Crippen LogP contribution in [0.1, 0.15) is 38.4 Å². The number of hydrogen-bond donors (Lipinski definition) is 1. The largest absolute Gasteiger partial charge is 0.481 e. The van der Waals surface area contributed by atoms with Crippen molar-refractivity contribution < 1.29 is 9.90 Å². The van der Waals surface area contributed by atoms with Gasteiger partial charge in [-0.3, -0.25) is 9.69 Å². The number of hydrogen-bond acceptors (Lipinski definition) is 4. The van der Waals surface area contributed by atoms with Gasteiger partial charge >= 0.3 is 5.97 Å². The molecule has 2 unspecified atom stereocenters. The highest BCUT2D eigenvalue weighted by Gasteiger charge is 2.44. The van der Waals surface area contributed by atoms with E-state index in [1.165, 1.54) is 0 Å². The number of carboxylic acids is 1. The highest BCUT2D eigenvalue weighted by Crippen LogP contribution is 2.38. The summed E-state index contributed by atoms with van der Waals surface area (Å²) < 4.78 is 0. The van der Waals surface area contributed by atoms with Gasteiger partial charge in [0.2, 0.25) is 0 Å². The lowest BCUT2D eigenvalue weighted by molar-refractivity contribution is -0.148. The second-order valence-corrected chi connectivity index (χ2v) is 5.47. The summed E-state index contributed by atoms with van der Waals surface area (Å²) in [4.78, 5) is 17.9. The number of aliphatic carboxylic acids is 1. The molecule has 2 atom stereocenters. The standard InChI is InChI=1S/C12H18N2O2S/c1-3-12(11(15)16)4-5-14(7-12)9(2)10-6-17-8-13-10/h6,8-9H,3-5,7H2,1-2H3,(H,15,16). The van der Waals surface area contributed by atoms with Crippen LogP contribution >= 0.6 is 11.3 Å². The van der Waals surface area contributed by atoms with Gasteiger partial charge in [0.05, 0.1) is 22.7 Å². The summed E-state index contributed by atoms with van der Waals surface area (Å²) in [6.07, 6.45) is 1.44. The molecule has 0 amide bonds. The fraction of sp³-hybridized carbons (Fsp3) is 0.667. The molecule has 0 bridgehead atoms. The van der Waals surface area contributed by atoms with Crippen LogP contribution in [0.4, 0.5) is 0 Å². The fourth-order valence-electron chi connectivity index (χ4n) is 2.46. The lowest BCUT2D eigenvalue weighted by atomic mass is 9.84. The summed E-state index contributed by atoms with van der Waals surface area (Å²) in [5.41, 5.74) is 2.32. The normalized spacial score (nSPS) is 27.2. The molecule has 17 heavy (non-hydrogen) atoms. The van der Waals surface area contributed by atoms with E-state index >= 15 is 0 Å². The highest BCUT2D eigenvalue weighted by atomic mass is 32.1. The zero-order valence-electron chi connectivity index (χ0n) is 10.2. The summed E-state index contributed by atoms with van der Waals surface area (Å²) >= 11 is 1.58. The Kier molecular flexibility index (Phi) is 3.49. The van der Waals surface area contributed by atoms with E-state index in [2.05, 4.69) is 16.8 Å². The van der Waals surface area contributed by atoms with Gasteiger partial charge in [0, 0.05) is 11.9 Å². The lowest BCUT2D eigenvalue weighted by Crippen LogP contribution is -2.35. The number of carboxylic acid groups (broad SMARTS) is 1. The Morgan fingerprint density at radius 1 is 1.76 bits per heavy atom. The van der Waals surface area contributed by atoms with Crippen molar-refractivity contribution in [2.24, 2.45) is 5.41 Å². The smallest absolute Gasteiger partial charge is 0.310 e. The summed E-state index contributed by atoms with van der Waals surface area (Å²) in [6.45, 7) is 5.55. The van der Waals surface area contributed by atoms with Crippen molar-refractivity contribution in [2.45, 2.75) is 32.7 Å². The van der Waals surface area contributed by atoms with Crippen molar-refractivity contribution >= 4 is 17.3 Å². The number of nitrogens with zero attached hydrogens (tertiary/aromatic N) is 2. The van der Waals surface area contributed by atoms with E-state index in [4.69, 9.17) is 0 Å². The van der Waals surface area contributed by atoms with Crippen LogP contribution in [-0.2, 0) is 4.79 Å². The Bertz CT molecular complexity index is 393. The molecule has 1 aliphatic heterocycles. The Labute approximate surface area is 105 Å². The molecule has 1 aliphatic rings. The van der Waals surface area contributed by atoms with Crippen LogP contribution in [0.15, 0.2) is 10.9 Å². The minimum Gasteiger partial charge on any atom is -0.481 e. The molecule has 2 heterocycles.